The average Bonchev–Trinajstić information content (AvgIpc) is 2.53. The molecule has 0 saturated heterocycles. The fraction of sp³-hybridized carbons (Fsp3) is 0.333. The summed E-state index contributed by atoms with van der Waals surface area (Å²) in [6.45, 7) is 19.5. The number of benzene rings is 1. The molecule has 0 amide bonds. The molecule has 1 aromatic carbocycles. The van der Waals surface area contributed by atoms with Gasteiger partial charge in [-0.25, -0.2) is 9.98 Å². The van der Waals surface area contributed by atoms with Gasteiger partial charge in [0.1, 0.15) is 11.4 Å². The Morgan fingerprint density at radius 3 is 2.48 bits per heavy atom. The quantitative estimate of drug-likeness (QED) is 0.489. The van der Waals surface area contributed by atoms with Crippen molar-refractivity contribution in [1.29, 1.82) is 0 Å². The van der Waals surface area contributed by atoms with Crippen LogP contribution in [0.5, 0.6) is 5.75 Å². The van der Waals surface area contributed by atoms with Gasteiger partial charge in [-0.1, -0.05) is 19.2 Å². The fourth-order valence-electron chi connectivity index (χ4n) is 2.07. The molecule has 0 spiro atoms. The maximum atomic E-state index is 5.94. The first kappa shape index (κ1) is 20.4. The third-order valence-corrected chi connectivity index (χ3v) is 3.22. The summed E-state index contributed by atoms with van der Waals surface area (Å²) in [5, 5.41) is 3.35. The first-order valence-corrected chi connectivity index (χ1v) is 8.39. The van der Waals surface area contributed by atoms with E-state index in [0.29, 0.717) is 11.5 Å². The van der Waals surface area contributed by atoms with E-state index in [2.05, 4.69) is 28.5 Å². The number of anilines is 1. The highest BCUT2D eigenvalue weighted by molar-refractivity contribution is 5.93. The van der Waals surface area contributed by atoms with E-state index >= 15 is 0 Å². The molecule has 4 heteroatoms. The van der Waals surface area contributed by atoms with Gasteiger partial charge in [-0.15, -0.1) is 0 Å². The lowest BCUT2D eigenvalue weighted by molar-refractivity contribution is 0.243. The summed E-state index contributed by atoms with van der Waals surface area (Å²) in [5.41, 5.74) is 4.27. The monoisotopic (exact) mass is 339 g/mol. The molecular weight excluding hydrogens is 310 g/mol. The molecule has 0 bridgehead atoms. The molecule has 0 saturated carbocycles. The van der Waals surface area contributed by atoms with Crippen molar-refractivity contribution in [3.8, 4) is 5.75 Å². The van der Waals surface area contributed by atoms with E-state index in [1.165, 1.54) is 0 Å². The van der Waals surface area contributed by atoms with Crippen LogP contribution in [0.3, 0.4) is 0 Å². The fourth-order valence-corrected chi connectivity index (χ4v) is 2.07. The van der Waals surface area contributed by atoms with Gasteiger partial charge in [0.25, 0.3) is 0 Å². The van der Waals surface area contributed by atoms with Crippen LogP contribution in [0, 0.1) is 6.92 Å². The number of rotatable bonds is 8. The molecule has 0 radical (unpaired) electrons. The molecule has 0 fully saturated rings. The van der Waals surface area contributed by atoms with Crippen LogP contribution in [0.4, 0.5) is 5.69 Å². The van der Waals surface area contributed by atoms with Crippen LogP contribution < -0.4 is 10.1 Å². The molecule has 1 aromatic rings. The Bertz CT molecular complexity index is 725. The normalized spacial score (nSPS) is 13.0. The molecule has 0 aliphatic heterocycles. The van der Waals surface area contributed by atoms with Gasteiger partial charge in [0.2, 0.25) is 0 Å². The van der Waals surface area contributed by atoms with Crippen molar-refractivity contribution in [1.82, 2.24) is 0 Å². The summed E-state index contributed by atoms with van der Waals surface area (Å²) in [6.07, 6.45) is 3.50. The number of hydrogen-bond acceptors (Lipinski definition) is 4. The van der Waals surface area contributed by atoms with E-state index in [9.17, 15) is 0 Å². The van der Waals surface area contributed by atoms with Crippen LogP contribution in [0.25, 0.3) is 0 Å². The molecular formula is C21H29N3O. The van der Waals surface area contributed by atoms with Gasteiger partial charge in [0.05, 0.1) is 11.8 Å². The average molecular weight is 339 g/mol. The van der Waals surface area contributed by atoms with E-state index in [0.717, 1.165) is 28.3 Å². The Morgan fingerprint density at radius 2 is 1.96 bits per heavy atom. The first-order valence-electron chi connectivity index (χ1n) is 8.39. The number of hydrogen-bond donors (Lipinski definition) is 1. The smallest absolute Gasteiger partial charge is 0.156 e. The maximum Gasteiger partial charge on any atom is 0.156 e. The highest BCUT2D eigenvalue weighted by atomic mass is 16.5. The molecule has 1 N–H and O–H groups in total. The van der Waals surface area contributed by atoms with Crippen LogP contribution in [0.15, 0.2) is 64.5 Å². The number of aryl methyl sites for hydroxylation is 1. The zero-order valence-corrected chi connectivity index (χ0v) is 16.2. The third-order valence-electron chi connectivity index (χ3n) is 3.22. The SMILES string of the molecule is C=CC(C)=N/C(C(=C)C)=C(/N=CC)Nc1ccc(C)cc1OC(C)C. The molecule has 0 aromatic heterocycles. The first-order chi connectivity index (χ1) is 11.8. The lowest BCUT2D eigenvalue weighted by Crippen LogP contribution is -2.10. The van der Waals surface area contributed by atoms with Crippen LogP contribution in [-0.2, 0) is 0 Å². The van der Waals surface area contributed by atoms with Gasteiger partial charge < -0.3 is 10.1 Å². The molecule has 0 heterocycles. The zero-order valence-electron chi connectivity index (χ0n) is 16.2. The van der Waals surface area contributed by atoms with Crippen molar-refractivity contribution in [2.45, 2.75) is 47.6 Å². The minimum Gasteiger partial charge on any atom is -0.489 e. The molecule has 0 unspecified atom stereocenters. The number of nitrogens with zero attached hydrogens (tertiary/aromatic N) is 2. The van der Waals surface area contributed by atoms with Gasteiger partial charge in [0, 0.05) is 11.9 Å². The lowest BCUT2D eigenvalue weighted by Gasteiger charge is -2.17. The number of nitrogens with one attached hydrogen (secondary N) is 1. The molecule has 0 atom stereocenters. The highest BCUT2D eigenvalue weighted by Gasteiger charge is 2.12. The third kappa shape index (κ3) is 6.42. The van der Waals surface area contributed by atoms with Crippen molar-refractivity contribution >= 4 is 17.6 Å². The maximum absolute atomic E-state index is 5.94. The number of ether oxygens (including phenoxy) is 1. The second-order valence-corrected chi connectivity index (χ2v) is 6.11. The number of aliphatic imine (C=N–C) groups is 2. The minimum atomic E-state index is 0.0751. The summed E-state index contributed by atoms with van der Waals surface area (Å²) in [7, 11) is 0. The largest absolute Gasteiger partial charge is 0.489 e. The summed E-state index contributed by atoms with van der Waals surface area (Å²) in [5.74, 6) is 1.40. The summed E-state index contributed by atoms with van der Waals surface area (Å²) in [4.78, 5) is 9.04. The van der Waals surface area contributed by atoms with Crippen LogP contribution in [0.2, 0.25) is 0 Å². The van der Waals surface area contributed by atoms with E-state index < -0.39 is 0 Å². The van der Waals surface area contributed by atoms with E-state index in [-0.39, 0.29) is 6.10 Å². The second kappa shape index (κ2) is 9.62. The Kier molecular flexibility index (Phi) is 7.86. The van der Waals surface area contributed by atoms with E-state index in [4.69, 9.17) is 4.74 Å². The molecule has 134 valence electrons. The molecule has 0 aliphatic carbocycles. The molecule has 4 nitrogen and oxygen atoms in total. The molecule has 0 aliphatic rings. The lowest BCUT2D eigenvalue weighted by atomic mass is 10.2. The second-order valence-electron chi connectivity index (χ2n) is 6.11. The Hall–Kier alpha value is -2.62. The predicted octanol–water partition coefficient (Wildman–Crippen LogP) is 5.68. The number of allylic oxidation sites excluding steroid dienone is 2. The van der Waals surface area contributed by atoms with Crippen molar-refractivity contribution in [3.05, 3.63) is 60.1 Å². The van der Waals surface area contributed by atoms with Crippen molar-refractivity contribution in [3.63, 3.8) is 0 Å². The summed E-state index contributed by atoms with van der Waals surface area (Å²) < 4.78 is 5.94. The van der Waals surface area contributed by atoms with Gasteiger partial charge in [-0.3, -0.25) is 0 Å². The van der Waals surface area contributed by atoms with Gasteiger partial charge >= 0.3 is 0 Å². The summed E-state index contributed by atoms with van der Waals surface area (Å²) in [6, 6.07) is 6.02. The van der Waals surface area contributed by atoms with E-state index in [1.807, 2.05) is 59.7 Å². The van der Waals surface area contributed by atoms with Gasteiger partial charge in [-0.2, -0.15) is 0 Å². The topological polar surface area (TPSA) is 46.0 Å². The van der Waals surface area contributed by atoms with Crippen molar-refractivity contribution < 1.29 is 4.74 Å². The van der Waals surface area contributed by atoms with Crippen LogP contribution >= 0.6 is 0 Å². The van der Waals surface area contributed by atoms with Crippen LogP contribution in [-0.4, -0.2) is 18.0 Å². The van der Waals surface area contributed by atoms with Gasteiger partial charge in [0.15, 0.2) is 5.82 Å². The van der Waals surface area contributed by atoms with Crippen molar-refractivity contribution in [2.24, 2.45) is 9.98 Å². The Morgan fingerprint density at radius 1 is 1.28 bits per heavy atom. The van der Waals surface area contributed by atoms with E-state index in [1.54, 1.807) is 12.3 Å². The standard InChI is InChI=1S/C21H29N3O/c1-9-17(8)23-20(14(3)4)21(22-10-2)24-18-12-11-16(7)13-19(18)25-15(5)6/h9-13,15,24H,1,3H2,2,4-8H3/b21-20-,22-10?,23-17?. The molecule has 1 rings (SSSR count). The predicted molar refractivity (Wildman–Crippen MR) is 110 cm³/mol. The Labute approximate surface area is 151 Å². The van der Waals surface area contributed by atoms with Gasteiger partial charge in [-0.05, 0) is 70.9 Å². The minimum absolute atomic E-state index is 0.0751. The van der Waals surface area contributed by atoms with Crippen molar-refractivity contribution in [2.75, 3.05) is 5.32 Å². The zero-order chi connectivity index (χ0) is 19.0. The summed E-state index contributed by atoms with van der Waals surface area (Å²) >= 11 is 0. The highest BCUT2D eigenvalue weighted by Crippen LogP contribution is 2.29. The van der Waals surface area contributed by atoms with Crippen LogP contribution in [0.1, 0.15) is 40.2 Å². The molecule has 25 heavy (non-hydrogen) atoms. The Balaban J connectivity index is 3.45.